The van der Waals surface area contributed by atoms with E-state index < -0.39 is 0 Å². The van der Waals surface area contributed by atoms with Crippen LogP contribution in [0.15, 0.2) is 48.5 Å². The van der Waals surface area contributed by atoms with Crippen molar-refractivity contribution in [3.63, 3.8) is 0 Å². The molecule has 7 heteroatoms. The van der Waals surface area contributed by atoms with Crippen molar-refractivity contribution in [1.82, 2.24) is 15.6 Å². The van der Waals surface area contributed by atoms with E-state index in [1.54, 1.807) is 0 Å². The van der Waals surface area contributed by atoms with Crippen molar-refractivity contribution in [3.05, 3.63) is 59.2 Å². The van der Waals surface area contributed by atoms with Crippen molar-refractivity contribution in [2.75, 3.05) is 26.2 Å². The van der Waals surface area contributed by atoms with Gasteiger partial charge in [0.25, 0.3) is 5.91 Å². The number of H-pyrrole nitrogens is 1. The number of morpholine rings is 1. The van der Waals surface area contributed by atoms with E-state index in [-0.39, 0.29) is 24.4 Å². The van der Waals surface area contributed by atoms with Crippen LogP contribution in [0.5, 0.6) is 0 Å². The second-order valence-electron chi connectivity index (χ2n) is 6.34. The molecule has 142 valence electrons. The molecule has 1 fully saturated rings. The van der Waals surface area contributed by atoms with E-state index in [9.17, 15) is 4.79 Å². The van der Waals surface area contributed by atoms with E-state index in [4.69, 9.17) is 16.3 Å². The lowest BCUT2D eigenvalue weighted by atomic mass is 10.0. The normalized spacial score (nSPS) is 16.7. The van der Waals surface area contributed by atoms with Gasteiger partial charge in [-0.3, -0.25) is 4.79 Å². The smallest absolute Gasteiger partial charge is 0.268 e. The first-order chi connectivity index (χ1) is 12.7. The van der Waals surface area contributed by atoms with Gasteiger partial charge in [0, 0.05) is 41.1 Å². The van der Waals surface area contributed by atoms with Crippen molar-refractivity contribution in [3.8, 4) is 11.1 Å². The van der Waals surface area contributed by atoms with Gasteiger partial charge in [-0.25, -0.2) is 0 Å². The summed E-state index contributed by atoms with van der Waals surface area (Å²) in [5.74, 6) is -0.148. The van der Waals surface area contributed by atoms with Crippen LogP contribution in [0.4, 0.5) is 0 Å². The minimum Gasteiger partial charge on any atom is -0.374 e. The summed E-state index contributed by atoms with van der Waals surface area (Å²) in [6.45, 7) is 2.73. The maximum atomic E-state index is 12.9. The Kier molecular flexibility index (Phi) is 6.39. The van der Waals surface area contributed by atoms with Gasteiger partial charge < -0.3 is 20.4 Å². The lowest BCUT2D eigenvalue weighted by Crippen LogP contribution is -2.45. The zero-order valence-corrected chi connectivity index (χ0v) is 16.2. The van der Waals surface area contributed by atoms with Crippen molar-refractivity contribution >= 4 is 40.8 Å². The number of ether oxygens (including phenoxy) is 1. The average Bonchev–Trinajstić information content (AvgIpc) is 3.06. The Morgan fingerprint density at radius 1 is 1.22 bits per heavy atom. The highest BCUT2D eigenvalue weighted by Gasteiger charge is 2.21. The predicted molar refractivity (Wildman–Crippen MR) is 111 cm³/mol. The zero-order chi connectivity index (χ0) is 17.9. The summed E-state index contributed by atoms with van der Waals surface area (Å²) in [4.78, 5) is 16.1. The van der Waals surface area contributed by atoms with Crippen molar-refractivity contribution < 1.29 is 9.53 Å². The molecular formula is C20H21Cl2N3O2. The number of aromatic amines is 1. The van der Waals surface area contributed by atoms with Crippen LogP contribution in [0.25, 0.3) is 22.0 Å². The Hall–Kier alpha value is -2.05. The number of fused-ring (bicyclic) bond motifs is 1. The van der Waals surface area contributed by atoms with Gasteiger partial charge in [0.1, 0.15) is 5.69 Å². The van der Waals surface area contributed by atoms with Gasteiger partial charge in [0.2, 0.25) is 0 Å². The molecule has 0 bridgehead atoms. The molecule has 1 unspecified atom stereocenters. The third kappa shape index (κ3) is 4.28. The second kappa shape index (κ2) is 8.76. The van der Waals surface area contributed by atoms with Crippen molar-refractivity contribution in [1.29, 1.82) is 0 Å². The van der Waals surface area contributed by atoms with E-state index in [0.29, 0.717) is 23.9 Å². The Morgan fingerprint density at radius 3 is 2.78 bits per heavy atom. The number of amides is 1. The van der Waals surface area contributed by atoms with Crippen LogP contribution in [-0.4, -0.2) is 43.2 Å². The first kappa shape index (κ1) is 19.7. The van der Waals surface area contributed by atoms with E-state index in [0.717, 1.165) is 35.1 Å². The molecule has 1 atom stereocenters. The number of carbonyl (C=O) groups excluding carboxylic acids is 1. The monoisotopic (exact) mass is 405 g/mol. The van der Waals surface area contributed by atoms with Crippen molar-refractivity contribution in [2.24, 2.45) is 0 Å². The molecule has 0 spiro atoms. The quantitative estimate of drug-likeness (QED) is 0.620. The molecule has 4 rings (SSSR count). The van der Waals surface area contributed by atoms with Gasteiger partial charge in [0.15, 0.2) is 0 Å². The summed E-state index contributed by atoms with van der Waals surface area (Å²) in [7, 11) is 0. The van der Waals surface area contributed by atoms with E-state index in [2.05, 4.69) is 15.6 Å². The zero-order valence-electron chi connectivity index (χ0n) is 14.6. The maximum Gasteiger partial charge on any atom is 0.268 e. The topological polar surface area (TPSA) is 66.2 Å². The second-order valence-corrected chi connectivity index (χ2v) is 6.77. The summed E-state index contributed by atoms with van der Waals surface area (Å²) in [6.07, 6.45) is -0.00769. The molecule has 2 heterocycles. The summed E-state index contributed by atoms with van der Waals surface area (Å²) in [5.41, 5.74) is 3.26. The number of benzene rings is 2. The van der Waals surface area contributed by atoms with Crippen LogP contribution in [0.1, 0.15) is 10.5 Å². The van der Waals surface area contributed by atoms with Crippen molar-refractivity contribution in [2.45, 2.75) is 6.10 Å². The van der Waals surface area contributed by atoms with E-state index in [1.165, 1.54) is 0 Å². The predicted octanol–water partition coefficient (Wildman–Crippen LogP) is 3.63. The SMILES string of the molecule is Cl.O=C(NCC1CNCCO1)c1[nH]c2ccc(Cl)cc2c1-c1ccccc1. The lowest BCUT2D eigenvalue weighted by molar-refractivity contribution is 0.0287. The summed E-state index contributed by atoms with van der Waals surface area (Å²) >= 11 is 6.19. The van der Waals surface area contributed by atoms with Crippen LogP contribution in [-0.2, 0) is 4.74 Å². The molecule has 0 saturated carbocycles. The number of hydrogen-bond donors (Lipinski definition) is 3. The molecule has 1 saturated heterocycles. The number of halogens is 2. The molecule has 1 aliphatic rings. The molecule has 1 aliphatic heterocycles. The summed E-state index contributed by atoms with van der Waals surface area (Å²) in [5, 5.41) is 7.83. The first-order valence-corrected chi connectivity index (χ1v) is 9.07. The van der Waals surface area contributed by atoms with Gasteiger partial charge in [-0.15, -0.1) is 12.4 Å². The largest absolute Gasteiger partial charge is 0.374 e. The number of hydrogen-bond acceptors (Lipinski definition) is 3. The summed E-state index contributed by atoms with van der Waals surface area (Å²) in [6, 6.07) is 15.5. The maximum absolute atomic E-state index is 12.9. The van der Waals surface area contributed by atoms with E-state index >= 15 is 0 Å². The Labute approximate surface area is 168 Å². The van der Waals surface area contributed by atoms with Gasteiger partial charge >= 0.3 is 0 Å². The molecule has 3 N–H and O–H groups in total. The third-order valence-electron chi connectivity index (χ3n) is 4.54. The lowest BCUT2D eigenvalue weighted by Gasteiger charge is -2.23. The fourth-order valence-electron chi connectivity index (χ4n) is 3.28. The molecule has 5 nitrogen and oxygen atoms in total. The highest BCUT2D eigenvalue weighted by molar-refractivity contribution is 6.31. The highest BCUT2D eigenvalue weighted by atomic mass is 35.5. The first-order valence-electron chi connectivity index (χ1n) is 8.69. The molecule has 27 heavy (non-hydrogen) atoms. The van der Waals surface area contributed by atoms with Crippen LogP contribution in [0.2, 0.25) is 5.02 Å². The van der Waals surface area contributed by atoms with Gasteiger partial charge in [0.05, 0.1) is 12.7 Å². The minimum absolute atomic E-state index is 0. The number of aromatic nitrogens is 1. The molecule has 0 radical (unpaired) electrons. The standard InChI is InChI=1S/C20H20ClN3O2.ClH/c21-14-6-7-17-16(10-14)18(13-4-2-1-3-5-13)19(24-17)20(25)23-12-15-11-22-8-9-26-15;/h1-7,10,15,22,24H,8-9,11-12H2,(H,23,25);1H. The summed E-state index contributed by atoms with van der Waals surface area (Å²) < 4.78 is 5.65. The highest BCUT2D eigenvalue weighted by Crippen LogP contribution is 2.34. The minimum atomic E-state index is -0.148. The van der Waals surface area contributed by atoms with Crippen LogP contribution in [0, 0.1) is 0 Å². The van der Waals surface area contributed by atoms with Crippen LogP contribution in [0.3, 0.4) is 0 Å². The van der Waals surface area contributed by atoms with Gasteiger partial charge in [-0.2, -0.15) is 0 Å². The Bertz CT molecular complexity index is 922. The number of carbonyl (C=O) groups is 1. The molecule has 1 aromatic heterocycles. The molecule has 1 amide bonds. The molecule has 2 aromatic carbocycles. The van der Waals surface area contributed by atoms with E-state index in [1.807, 2.05) is 48.5 Å². The van der Waals surface area contributed by atoms with Crippen LogP contribution >= 0.6 is 24.0 Å². The fourth-order valence-corrected chi connectivity index (χ4v) is 3.46. The van der Waals surface area contributed by atoms with Gasteiger partial charge in [-0.05, 0) is 23.8 Å². The third-order valence-corrected chi connectivity index (χ3v) is 4.78. The Balaban J connectivity index is 0.00000210. The van der Waals surface area contributed by atoms with Gasteiger partial charge in [-0.1, -0.05) is 41.9 Å². The number of rotatable bonds is 4. The van der Waals surface area contributed by atoms with Crippen LogP contribution < -0.4 is 10.6 Å². The molecular weight excluding hydrogens is 385 g/mol. The number of nitrogens with one attached hydrogen (secondary N) is 3. The Morgan fingerprint density at radius 2 is 2.04 bits per heavy atom. The molecule has 0 aliphatic carbocycles. The average molecular weight is 406 g/mol. The molecule has 3 aromatic rings. The fraction of sp³-hybridized carbons (Fsp3) is 0.250.